The first-order valence-corrected chi connectivity index (χ1v) is 7.28. The summed E-state index contributed by atoms with van der Waals surface area (Å²) in [7, 11) is 0. The normalized spacial score (nSPS) is 18.9. The zero-order chi connectivity index (χ0) is 13.8. The molecule has 1 aromatic heterocycles. The number of aliphatic hydroxyl groups is 1. The molecule has 1 fully saturated rings. The second-order valence-electron chi connectivity index (χ2n) is 5.29. The highest BCUT2D eigenvalue weighted by molar-refractivity contribution is 5.85. The molecule has 1 aliphatic rings. The Hall–Kier alpha value is -1.49. The molecule has 1 atom stereocenters. The number of benzene rings is 1. The summed E-state index contributed by atoms with van der Waals surface area (Å²) in [6.07, 6.45) is 4.91. The summed E-state index contributed by atoms with van der Waals surface area (Å²) in [4.78, 5) is 6.71. The lowest BCUT2D eigenvalue weighted by atomic mass is 10.0. The van der Waals surface area contributed by atoms with Crippen LogP contribution in [0.3, 0.4) is 0 Å². The van der Waals surface area contributed by atoms with Gasteiger partial charge in [0.1, 0.15) is 0 Å². The molecule has 0 radical (unpaired) electrons. The fourth-order valence-corrected chi connectivity index (χ4v) is 2.99. The van der Waals surface area contributed by atoms with Gasteiger partial charge < -0.3 is 10.4 Å². The van der Waals surface area contributed by atoms with Crippen LogP contribution in [-0.4, -0.2) is 47.8 Å². The first kappa shape index (κ1) is 13.5. The van der Waals surface area contributed by atoms with Gasteiger partial charge >= 0.3 is 0 Å². The molecule has 4 heteroatoms. The molecule has 2 heterocycles. The molecule has 0 amide bonds. The average Bonchev–Trinajstić information content (AvgIpc) is 2.78. The van der Waals surface area contributed by atoms with E-state index in [2.05, 4.69) is 27.3 Å². The molecule has 20 heavy (non-hydrogen) atoms. The SMILES string of the molecule is OCC(c1cncc2ccccc12)N1CCCNCC1. The van der Waals surface area contributed by atoms with Crippen LogP contribution in [0.2, 0.25) is 0 Å². The second kappa shape index (κ2) is 6.31. The van der Waals surface area contributed by atoms with Crippen molar-refractivity contribution in [2.24, 2.45) is 0 Å². The quantitative estimate of drug-likeness (QED) is 0.889. The molecule has 1 unspecified atom stereocenters. The Morgan fingerprint density at radius 1 is 1.20 bits per heavy atom. The number of fused-ring (bicyclic) bond motifs is 1. The first-order valence-electron chi connectivity index (χ1n) is 7.28. The monoisotopic (exact) mass is 271 g/mol. The number of aliphatic hydroxyl groups excluding tert-OH is 1. The maximum atomic E-state index is 9.89. The van der Waals surface area contributed by atoms with Gasteiger partial charge in [0, 0.05) is 37.4 Å². The zero-order valence-corrected chi connectivity index (χ0v) is 11.6. The van der Waals surface area contributed by atoms with E-state index in [1.54, 1.807) is 0 Å². The first-order chi connectivity index (χ1) is 9.90. The molecular weight excluding hydrogens is 250 g/mol. The summed E-state index contributed by atoms with van der Waals surface area (Å²) in [6.45, 7) is 4.16. The van der Waals surface area contributed by atoms with E-state index in [1.165, 1.54) is 5.39 Å². The highest BCUT2D eigenvalue weighted by Gasteiger charge is 2.22. The van der Waals surface area contributed by atoms with Crippen LogP contribution >= 0.6 is 0 Å². The minimum atomic E-state index is 0.0356. The number of rotatable bonds is 3. The Bertz CT molecular complexity index is 559. The topological polar surface area (TPSA) is 48.4 Å². The van der Waals surface area contributed by atoms with Crippen molar-refractivity contribution in [3.05, 3.63) is 42.2 Å². The zero-order valence-electron chi connectivity index (χ0n) is 11.6. The second-order valence-corrected chi connectivity index (χ2v) is 5.29. The van der Waals surface area contributed by atoms with Crippen molar-refractivity contribution < 1.29 is 5.11 Å². The molecule has 1 aliphatic heterocycles. The lowest BCUT2D eigenvalue weighted by Gasteiger charge is -2.29. The van der Waals surface area contributed by atoms with Crippen LogP contribution in [0.5, 0.6) is 0 Å². The van der Waals surface area contributed by atoms with E-state index in [4.69, 9.17) is 0 Å². The molecule has 3 rings (SSSR count). The van der Waals surface area contributed by atoms with Gasteiger partial charge in [0.05, 0.1) is 12.6 Å². The van der Waals surface area contributed by atoms with Gasteiger partial charge in [0.25, 0.3) is 0 Å². The van der Waals surface area contributed by atoms with Crippen LogP contribution in [-0.2, 0) is 0 Å². The molecule has 1 aromatic carbocycles. The van der Waals surface area contributed by atoms with Gasteiger partial charge in [0.2, 0.25) is 0 Å². The molecule has 0 spiro atoms. The van der Waals surface area contributed by atoms with Crippen LogP contribution in [0.1, 0.15) is 18.0 Å². The Kier molecular flexibility index (Phi) is 4.25. The van der Waals surface area contributed by atoms with Gasteiger partial charge in [-0.15, -0.1) is 0 Å². The van der Waals surface area contributed by atoms with Crippen LogP contribution in [0.4, 0.5) is 0 Å². The van der Waals surface area contributed by atoms with Gasteiger partial charge in [-0.3, -0.25) is 9.88 Å². The third-order valence-corrected chi connectivity index (χ3v) is 4.05. The van der Waals surface area contributed by atoms with E-state index < -0.39 is 0 Å². The highest BCUT2D eigenvalue weighted by Crippen LogP contribution is 2.27. The van der Waals surface area contributed by atoms with Crippen molar-refractivity contribution >= 4 is 10.8 Å². The molecule has 0 bridgehead atoms. The van der Waals surface area contributed by atoms with E-state index in [1.807, 2.05) is 24.5 Å². The lowest BCUT2D eigenvalue weighted by Crippen LogP contribution is -2.34. The van der Waals surface area contributed by atoms with E-state index in [0.717, 1.165) is 43.5 Å². The highest BCUT2D eigenvalue weighted by atomic mass is 16.3. The minimum absolute atomic E-state index is 0.0356. The third kappa shape index (κ3) is 2.68. The number of hydrogen-bond donors (Lipinski definition) is 2. The maximum Gasteiger partial charge on any atom is 0.0629 e. The van der Waals surface area contributed by atoms with E-state index in [9.17, 15) is 5.11 Å². The Morgan fingerprint density at radius 2 is 2.10 bits per heavy atom. The molecule has 1 saturated heterocycles. The van der Waals surface area contributed by atoms with Crippen molar-refractivity contribution in [3.63, 3.8) is 0 Å². The molecular formula is C16H21N3O. The van der Waals surface area contributed by atoms with Crippen LogP contribution in [0.15, 0.2) is 36.7 Å². The largest absolute Gasteiger partial charge is 0.394 e. The molecule has 2 aromatic rings. The molecule has 0 saturated carbocycles. The Balaban J connectivity index is 1.98. The fourth-order valence-electron chi connectivity index (χ4n) is 2.99. The number of nitrogens with one attached hydrogen (secondary N) is 1. The van der Waals surface area contributed by atoms with Crippen molar-refractivity contribution in [3.8, 4) is 0 Å². The van der Waals surface area contributed by atoms with Gasteiger partial charge in [-0.1, -0.05) is 24.3 Å². The standard InChI is InChI=1S/C16H21N3O/c20-12-16(19-8-3-6-17-7-9-19)15-11-18-10-13-4-1-2-5-14(13)15/h1-2,4-5,10-11,16-17,20H,3,6-9,12H2. The van der Waals surface area contributed by atoms with Gasteiger partial charge in [-0.05, 0) is 23.9 Å². The molecule has 2 N–H and O–H groups in total. The number of hydrogen-bond acceptors (Lipinski definition) is 4. The summed E-state index contributed by atoms with van der Waals surface area (Å²) >= 11 is 0. The van der Waals surface area contributed by atoms with Gasteiger partial charge in [-0.2, -0.15) is 0 Å². The van der Waals surface area contributed by atoms with Crippen molar-refractivity contribution in [1.82, 2.24) is 15.2 Å². The summed E-state index contributed by atoms with van der Waals surface area (Å²) in [5.41, 5.74) is 1.13. The predicted molar refractivity (Wildman–Crippen MR) is 80.6 cm³/mol. The van der Waals surface area contributed by atoms with E-state index in [-0.39, 0.29) is 12.6 Å². The van der Waals surface area contributed by atoms with Crippen LogP contribution in [0.25, 0.3) is 10.8 Å². The summed E-state index contributed by atoms with van der Waals surface area (Å²) in [6, 6.07) is 8.30. The van der Waals surface area contributed by atoms with Crippen LogP contribution < -0.4 is 5.32 Å². The van der Waals surface area contributed by atoms with Crippen LogP contribution in [0, 0.1) is 0 Å². The Morgan fingerprint density at radius 3 is 3.00 bits per heavy atom. The van der Waals surface area contributed by atoms with E-state index >= 15 is 0 Å². The minimum Gasteiger partial charge on any atom is -0.394 e. The third-order valence-electron chi connectivity index (χ3n) is 4.05. The molecule has 106 valence electrons. The number of nitrogens with zero attached hydrogens (tertiary/aromatic N) is 2. The van der Waals surface area contributed by atoms with Gasteiger partial charge in [0.15, 0.2) is 0 Å². The number of aromatic nitrogens is 1. The molecule has 4 nitrogen and oxygen atoms in total. The van der Waals surface area contributed by atoms with Gasteiger partial charge in [-0.25, -0.2) is 0 Å². The Labute approximate surface area is 119 Å². The van der Waals surface area contributed by atoms with E-state index in [0.29, 0.717) is 0 Å². The fraction of sp³-hybridized carbons (Fsp3) is 0.438. The smallest absolute Gasteiger partial charge is 0.0629 e. The van der Waals surface area contributed by atoms with Crippen molar-refractivity contribution in [1.29, 1.82) is 0 Å². The maximum absolute atomic E-state index is 9.89. The number of pyridine rings is 1. The van der Waals surface area contributed by atoms with Crippen molar-refractivity contribution in [2.75, 3.05) is 32.8 Å². The summed E-state index contributed by atoms with van der Waals surface area (Å²) in [5, 5.41) is 15.6. The lowest BCUT2D eigenvalue weighted by molar-refractivity contribution is 0.130. The predicted octanol–water partition coefficient (Wildman–Crippen LogP) is 1.56. The summed E-state index contributed by atoms with van der Waals surface area (Å²) in [5.74, 6) is 0. The van der Waals surface area contributed by atoms with Crippen molar-refractivity contribution in [2.45, 2.75) is 12.5 Å². The average molecular weight is 271 g/mol. The molecule has 0 aliphatic carbocycles. The summed E-state index contributed by atoms with van der Waals surface area (Å²) < 4.78 is 0.